The molecule has 0 aromatic heterocycles. The van der Waals surface area contributed by atoms with Crippen molar-refractivity contribution in [3.63, 3.8) is 0 Å². The van der Waals surface area contributed by atoms with Gasteiger partial charge >= 0.3 is 0 Å². The summed E-state index contributed by atoms with van der Waals surface area (Å²) in [5.74, 6) is 1.04. The van der Waals surface area contributed by atoms with Gasteiger partial charge in [-0.25, -0.2) is 4.39 Å². The topological polar surface area (TPSA) is 27.0 Å². The fraction of sp³-hybridized carbons (Fsp3) is 0.400. The van der Waals surface area contributed by atoms with E-state index >= 15 is 0 Å². The van der Waals surface area contributed by atoms with Crippen LogP contribution >= 0.6 is 0 Å². The Balaban J connectivity index is 1.83. The van der Waals surface area contributed by atoms with Crippen molar-refractivity contribution in [2.45, 2.75) is 12.8 Å². The van der Waals surface area contributed by atoms with E-state index in [0.29, 0.717) is 23.1 Å². The Labute approximate surface area is 106 Å². The van der Waals surface area contributed by atoms with Crippen molar-refractivity contribution >= 4 is 5.69 Å². The Kier molecular flexibility index (Phi) is 2.79. The Hall–Kier alpha value is -1.82. The third kappa shape index (κ3) is 1.88. The van der Waals surface area contributed by atoms with E-state index in [9.17, 15) is 4.39 Å². The standard InChI is InChI=1S/C15H15FN2/c16-14-7-11(8-17)5-6-15(14)18-9-12-3-1-2-4-13(12)10-18/h1-2,5-7,12-13H,3-4,9-10H2. The average Bonchev–Trinajstić information content (AvgIpc) is 2.81. The van der Waals surface area contributed by atoms with Gasteiger partial charge in [-0.3, -0.25) is 0 Å². The number of nitriles is 1. The minimum Gasteiger partial charge on any atom is -0.369 e. The van der Waals surface area contributed by atoms with Gasteiger partial charge in [0, 0.05) is 13.1 Å². The highest BCUT2D eigenvalue weighted by molar-refractivity contribution is 5.52. The number of hydrogen-bond donors (Lipinski definition) is 0. The second-order valence-electron chi connectivity index (χ2n) is 5.15. The van der Waals surface area contributed by atoms with Gasteiger partial charge in [0.15, 0.2) is 0 Å². The predicted molar refractivity (Wildman–Crippen MR) is 68.7 cm³/mol. The average molecular weight is 242 g/mol. The minimum absolute atomic E-state index is 0.277. The molecule has 0 bridgehead atoms. The summed E-state index contributed by atoms with van der Waals surface area (Å²) in [7, 11) is 0. The number of rotatable bonds is 1. The summed E-state index contributed by atoms with van der Waals surface area (Å²) in [4.78, 5) is 2.12. The van der Waals surface area contributed by atoms with Crippen LogP contribution in [0.1, 0.15) is 18.4 Å². The molecule has 1 aromatic rings. The fourth-order valence-electron chi connectivity index (χ4n) is 3.04. The molecule has 2 atom stereocenters. The lowest BCUT2D eigenvalue weighted by molar-refractivity contribution is 0.411. The first-order valence-corrected chi connectivity index (χ1v) is 6.37. The molecule has 0 amide bonds. The summed E-state index contributed by atoms with van der Waals surface area (Å²) in [6.45, 7) is 1.86. The fourth-order valence-corrected chi connectivity index (χ4v) is 3.04. The van der Waals surface area contributed by atoms with Gasteiger partial charge in [0.2, 0.25) is 0 Å². The van der Waals surface area contributed by atoms with E-state index in [4.69, 9.17) is 5.26 Å². The van der Waals surface area contributed by atoms with Crippen molar-refractivity contribution in [3.05, 3.63) is 41.7 Å². The monoisotopic (exact) mass is 242 g/mol. The largest absolute Gasteiger partial charge is 0.369 e. The molecule has 0 spiro atoms. The summed E-state index contributed by atoms with van der Waals surface area (Å²) in [5, 5.41) is 8.75. The van der Waals surface area contributed by atoms with Gasteiger partial charge in [0.05, 0.1) is 17.3 Å². The van der Waals surface area contributed by atoms with Crippen LogP contribution in [0, 0.1) is 29.0 Å². The number of fused-ring (bicyclic) bond motifs is 1. The van der Waals surface area contributed by atoms with Gasteiger partial charge in [-0.05, 0) is 42.9 Å². The van der Waals surface area contributed by atoms with Crippen LogP contribution in [0.15, 0.2) is 30.4 Å². The number of hydrogen-bond acceptors (Lipinski definition) is 2. The molecule has 18 heavy (non-hydrogen) atoms. The molecule has 1 fully saturated rings. The molecule has 0 N–H and O–H groups in total. The Bertz CT molecular complexity index is 514. The van der Waals surface area contributed by atoms with Gasteiger partial charge in [0.1, 0.15) is 5.82 Å². The first kappa shape index (κ1) is 11.3. The molecule has 2 nitrogen and oxygen atoms in total. The Morgan fingerprint density at radius 2 is 1.83 bits per heavy atom. The number of benzene rings is 1. The minimum atomic E-state index is -0.277. The zero-order valence-corrected chi connectivity index (χ0v) is 10.1. The van der Waals surface area contributed by atoms with Crippen LogP contribution in [0.5, 0.6) is 0 Å². The van der Waals surface area contributed by atoms with Crippen LogP contribution < -0.4 is 4.90 Å². The summed E-state index contributed by atoms with van der Waals surface area (Å²) >= 11 is 0. The summed E-state index contributed by atoms with van der Waals surface area (Å²) in [6, 6.07) is 6.72. The molecule has 3 heteroatoms. The number of allylic oxidation sites excluding steroid dienone is 2. The van der Waals surface area contributed by atoms with Gasteiger partial charge in [-0.15, -0.1) is 0 Å². The SMILES string of the molecule is N#Cc1ccc(N2CC3CC=CCC3C2)c(F)c1. The summed E-state index contributed by atoms with van der Waals surface area (Å²) < 4.78 is 14.0. The maximum atomic E-state index is 14.0. The Morgan fingerprint density at radius 3 is 2.39 bits per heavy atom. The van der Waals surface area contributed by atoms with Crippen molar-refractivity contribution in [3.8, 4) is 6.07 Å². The molecule has 0 saturated carbocycles. The van der Waals surface area contributed by atoms with Crippen LogP contribution in [0.25, 0.3) is 0 Å². The van der Waals surface area contributed by atoms with E-state index in [1.807, 2.05) is 6.07 Å². The lowest BCUT2D eigenvalue weighted by Gasteiger charge is -2.19. The van der Waals surface area contributed by atoms with Gasteiger partial charge in [-0.2, -0.15) is 5.26 Å². The molecule has 0 radical (unpaired) electrons. The van der Waals surface area contributed by atoms with E-state index < -0.39 is 0 Å². The normalized spacial score (nSPS) is 25.9. The molecule has 1 aliphatic heterocycles. The third-order valence-electron chi connectivity index (χ3n) is 4.04. The summed E-state index contributed by atoms with van der Waals surface area (Å²) in [6.07, 6.45) is 6.69. The van der Waals surface area contributed by atoms with Crippen molar-refractivity contribution in [2.75, 3.05) is 18.0 Å². The predicted octanol–water partition coefficient (Wildman–Crippen LogP) is 3.10. The van der Waals surface area contributed by atoms with E-state index in [-0.39, 0.29) is 5.82 Å². The van der Waals surface area contributed by atoms with Crippen LogP contribution in [0.3, 0.4) is 0 Å². The van der Waals surface area contributed by atoms with Gasteiger partial charge in [0.25, 0.3) is 0 Å². The van der Waals surface area contributed by atoms with Crippen molar-refractivity contribution < 1.29 is 4.39 Å². The highest BCUT2D eigenvalue weighted by Crippen LogP contribution is 2.36. The third-order valence-corrected chi connectivity index (χ3v) is 4.04. The van der Waals surface area contributed by atoms with Gasteiger partial charge in [-0.1, -0.05) is 12.2 Å². The zero-order chi connectivity index (χ0) is 12.5. The van der Waals surface area contributed by atoms with Crippen LogP contribution in [-0.4, -0.2) is 13.1 Å². The smallest absolute Gasteiger partial charge is 0.147 e. The van der Waals surface area contributed by atoms with Crippen LogP contribution in [0.4, 0.5) is 10.1 Å². The second kappa shape index (κ2) is 4.45. The molecule has 92 valence electrons. The highest BCUT2D eigenvalue weighted by atomic mass is 19.1. The van der Waals surface area contributed by atoms with Crippen LogP contribution in [0.2, 0.25) is 0 Å². The maximum absolute atomic E-state index is 14.0. The zero-order valence-electron chi connectivity index (χ0n) is 10.1. The second-order valence-corrected chi connectivity index (χ2v) is 5.15. The van der Waals surface area contributed by atoms with E-state index in [0.717, 1.165) is 25.9 Å². The van der Waals surface area contributed by atoms with E-state index in [1.165, 1.54) is 6.07 Å². The molecule has 3 rings (SSSR count). The van der Waals surface area contributed by atoms with Crippen molar-refractivity contribution in [1.82, 2.24) is 0 Å². The highest BCUT2D eigenvalue weighted by Gasteiger charge is 2.33. The summed E-state index contributed by atoms with van der Waals surface area (Å²) in [5.41, 5.74) is 1.03. The molecule has 2 aliphatic rings. The Morgan fingerprint density at radius 1 is 1.17 bits per heavy atom. The molecular formula is C15H15FN2. The molecular weight excluding hydrogens is 227 g/mol. The molecule has 1 aliphatic carbocycles. The maximum Gasteiger partial charge on any atom is 0.147 e. The first-order valence-electron chi connectivity index (χ1n) is 6.37. The molecule has 1 aromatic carbocycles. The number of nitrogens with zero attached hydrogens (tertiary/aromatic N) is 2. The van der Waals surface area contributed by atoms with Gasteiger partial charge < -0.3 is 4.90 Å². The number of anilines is 1. The van der Waals surface area contributed by atoms with Crippen LogP contribution in [-0.2, 0) is 0 Å². The van der Waals surface area contributed by atoms with E-state index in [1.54, 1.807) is 12.1 Å². The lowest BCUT2D eigenvalue weighted by Crippen LogP contribution is -2.21. The molecule has 1 saturated heterocycles. The number of halogens is 1. The quantitative estimate of drug-likeness (QED) is 0.707. The lowest BCUT2D eigenvalue weighted by atomic mass is 9.86. The van der Waals surface area contributed by atoms with Crippen molar-refractivity contribution in [1.29, 1.82) is 5.26 Å². The molecule has 1 heterocycles. The molecule has 2 unspecified atom stereocenters. The first-order chi connectivity index (χ1) is 8.78. The van der Waals surface area contributed by atoms with Crippen molar-refractivity contribution in [2.24, 2.45) is 11.8 Å². The van der Waals surface area contributed by atoms with E-state index in [2.05, 4.69) is 17.1 Å².